The van der Waals surface area contributed by atoms with Gasteiger partial charge in [-0.15, -0.1) is 0 Å². The van der Waals surface area contributed by atoms with E-state index in [2.05, 4.69) is 22.5 Å². The Morgan fingerprint density at radius 1 is 1.03 bits per heavy atom. The minimum atomic E-state index is -3.64. The Kier molecular flexibility index (Phi) is 7.71. The molecule has 1 heterocycles. The van der Waals surface area contributed by atoms with E-state index in [9.17, 15) is 13.2 Å². The van der Waals surface area contributed by atoms with Gasteiger partial charge < -0.3 is 5.32 Å². The molecular weight excluding hydrogens is 436 g/mol. The van der Waals surface area contributed by atoms with E-state index in [1.807, 2.05) is 36.7 Å². The summed E-state index contributed by atoms with van der Waals surface area (Å²) in [5.41, 5.74) is 5.04. The first kappa shape index (κ1) is 24.7. The van der Waals surface area contributed by atoms with Crippen LogP contribution in [0.15, 0.2) is 53.4 Å². The van der Waals surface area contributed by atoms with Gasteiger partial charge in [0.25, 0.3) is 5.91 Å². The summed E-state index contributed by atoms with van der Waals surface area (Å²) in [6.45, 7) is 11.0. The zero-order valence-electron chi connectivity index (χ0n) is 19.9. The van der Waals surface area contributed by atoms with Gasteiger partial charge >= 0.3 is 0 Å². The third-order valence-corrected chi connectivity index (χ3v) is 7.97. The van der Waals surface area contributed by atoms with Crippen LogP contribution in [-0.2, 0) is 23.1 Å². The summed E-state index contributed by atoms with van der Waals surface area (Å²) in [5.74, 6) is -0.307. The highest BCUT2D eigenvalue weighted by Crippen LogP contribution is 2.20. The normalized spacial score (nSPS) is 11.7. The van der Waals surface area contributed by atoms with E-state index in [1.54, 1.807) is 32.9 Å². The highest BCUT2D eigenvalue weighted by molar-refractivity contribution is 7.89. The van der Waals surface area contributed by atoms with Gasteiger partial charge in [0.1, 0.15) is 0 Å². The average molecular weight is 469 g/mol. The zero-order valence-corrected chi connectivity index (χ0v) is 20.7. The zero-order chi connectivity index (χ0) is 24.2. The van der Waals surface area contributed by atoms with Crippen LogP contribution < -0.4 is 5.32 Å². The fourth-order valence-electron chi connectivity index (χ4n) is 3.88. The lowest BCUT2D eigenvalue weighted by molar-refractivity contribution is 0.0950. The topological polar surface area (TPSA) is 84.3 Å². The second-order valence-electron chi connectivity index (χ2n) is 8.04. The Bertz CT molecular complexity index is 1230. The van der Waals surface area contributed by atoms with Crippen molar-refractivity contribution in [2.75, 3.05) is 13.1 Å². The number of rotatable bonds is 9. The van der Waals surface area contributed by atoms with Crippen LogP contribution in [0.1, 0.15) is 52.3 Å². The predicted octanol–water partition coefficient (Wildman–Crippen LogP) is 3.82. The number of hydrogen-bond acceptors (Lipinski definition) is 4. The first-order valence-electron chi connectivity index (χ1n) is 11.1. The van der Waals surface area contributed by atoms with Gasteiger partial charge in [0.15, 0.2) is 0 Å². The maximum atomic E-state index is 13.0. The number of carbonyl (C=O) groups is 1. The molecule has 1 N–H and O–H groups in total. The third-order valence-electron chi connectivity index (χ3n) is 5.93. The molecule has 0 bridgehead atoms. The molecular formula is C25H32N4O3S. The van der Waals surface area contributed by atoms with Crippen LogP contribution in [0, 0.1) is 20.8 Å². The third kappa shape index (κ3) is 5.34. The molecule has 3 rings (SSSR count). The maximum absolute atomic E-state index is 13.0. The largest absolute Gasteiger partial charge is 0.348 e. The van der Waals surface area contributed by atoms with Gasteiger partial charge in [-0.05, 0) is 44.0 Å². The van der Waals surface area contributed by atoms with Gasteiger partial charge in [-0.1, -0.05) is 50.2 Å². The monoisotopic (exact) mass is 468 g/mol. The minimum Gasteiger partial charge on any atom is -0.348 e. The van der Waals surface area contributed by atoms with E-state index in [4.69, 9.17) is 0 Å². The molecule has 0 aliphatic carbocycles. The van der Waals surface area contributed by atoms with Crippen LogP contribution in [0.5, 0.6) is 0 Å². The molecule has 3 aromatic rings. The van der Waals surface area contributed by atoms with Crippen LogP contribution in [-0.4, -0.2) is 41.5 Å². The van der Waals surface area contributed by atoms with E-state index in [1.165, 1.54) is 10.4 Å². The number of carbonyl (C=O) groups excluding carboxylic acids is 1. The van der Waals surface area contributed by atoms with Crippen LogP contribution in [0.25, 0.3) is 0 Å². The number of hydrogen-bond donors (Lipinski definition) is 1. The predicted molar refractivity (Wildman–Crippen MR) is 130 cm³/mol. The van der Waals surface area contributed by atoms with Crippen molar-refractivity contribution in [3.05, 3.63) is 82.2 Å². The van der Waals surface area contributed by atoms with Crippen LogP contribution in [0.4, 0.5) is 0 Å². The van der Waals surface area contributed by atoms with Gasteiger partial charge in [-0.3, -0.25) is 9.48 Å². The average Bonchev–Trinajstić information content (AvgIpc) is 3.05. The van der Waals surface area contributed by atoms with Crippen molar-refractivity contribution in [2.24, 2.45) is 0 Å². The number of aromatic nitrogens is 2. The molecule has 7 nitrogen and oxygen atoms in total. The summed E-state index contributed by atoms with van der Waals surface area (Å²) in [6.07, 6.45) is 0. The van der Waals surface area contributed by atoms with Crippen molar-refractivity contribution in [1.29, 1.82) is 0 Å². The molecule has 0 saturated carbocycles. The standard InChI is InChI=1S/C25H32N4O3S/c1-6-28(7-2)33(31,32)22-14-13-18(3)23(15-22)25(30)26-16-24-19(4)27-29(20(24)5)17-21-11-9-8-10-12-21/h8-15H,6-7,16-17H2,1-5H3,(H,26,30). The molecule has 0 atom stereocenters. The number of sulfonamides is 1. The van der Waals surface area contributed by atoms with E-state index in [-0.39, 0.29) is 10.8 Å². The molecule has 0 aliphatic heterocycles. The molecule has 8 heteroatoms. The Morgan fingerprint density at radius 2 is 1.70 bits per heavy atom. The fourth-order valence-corrected chi connectivity index (χ4v) is 5.37. The first-order valence-corrected chi connectivity index (χ1v) is 12.6. The molecule has 0 fully saturated rings. The fraction of sp³-hybridized carbons (Fsp3) is 0.360. The van der Waals surface area contributed by atoms with E-state index in [0.717, 1.165) is 28.1 Å². The molecule has 0 spiro atoms. The van der Waals surface area contributed by atoms with E-state index >= 15 is 0 Å². The molecule has 1 amide bonds. The van der Waals surface area contributed by atoms with Gasteiger partial charge in [0.05, 0.1) is 17.1 Å². The smallest absolute Gasteiger partial charge is 0.251 e. The lowest BCUT2D eigenvalue weighted by Crippen LogP contribution is -2.31. The van der Waals surface area contributed by atoms with Gasteiger partial charge in [-0.2, -0.15) is 9.40 Å². The first-order chi connectivity index (χ1) is 15.7. The minimum absolute atomic E-state index is 0.130. The molecule has 0 radical (unpaired) electrons. The Morgan fingerprint density at radius 3 is 2.33 bits per heavy atom. The van der Waals surface area contributed by atoms with Crippen molar-refractivity contribution in [2.45, 2.75) is 52.6 Å². The van der Waals surface area contributed by atoms with Gasteiger partial charge in [0, 0.05) is 36.5 Å². The van der Waals surface area contributed by atoms with Crippen molar-refractivity contribution in [1.82, 2.24) is 19.4 Å². The summed E-state index contributed by atoms with van der Waals surface area (Å²) >= 11 is 0. The molecule has 176 valence electrons. The Balaban J connectivity index is 1.79. The lowest BCUT2D eigenvalue weighted by Gasteiger charge is -2.19. The number of benzene rings is 2. The lowest BCUT2D eigenvalue weighted by atomic mass is 10.1. The maximum Gasteiger partial charge on any atom is 0.251 e. The second kappa shape index (κ2) is 10.3. The quantitative estimate of drug-likeness (QED) is 0.517. The second-order valence-corrected chi connectivity index (χ2v) is 9.98. The molecule has 1 aromatic heterocycles. The van der Waals surface area contributed by atoms with Crippen molar-refractivity contribution >= 4 is 15.9 Å². The molecule has 0 unspecified atom stereocenters. The number of nitrogens with zero attached hydrogens (tertiary/aromatic N) is 3. The number of amides is 1. The van der Waals surface area contributed by atoms with Crippen LogP contribution in [0.3, 0.4) is 0 Å². The van der Waals surface area contributed by atoms with Gasteiger partial charge in [-0.25, -0.2) is 8.42 Å². The summed E-state index contributed by atoms with van der Waals surface area (Å²) < 4.78 is 29.1. The Labute approximate surface area is 196 Å². The van der Waals surface area contributed by atoms with Crippen LogP contribution in [0.2, 0.25) is 0 Å². The molecule has 0 aliphatic rings. The summed E-state index contributed by atoms with van der Waals surface area (Å²) in [6, 6.07) is 14.8. The van der Waals surface area contributed by atoms with E-state index in [0.29, 0.717) is 31.7 Å². The van der Waals surface area contributed by atoms with Gasteiger partial charge in [0.2, 0.25) is 10.0 Å². The van der Waals surface area contributed by atoms with E-state index < -0.39 is 10.0 Å². The number of nitrogens with one attached hydrogen (secondary N) is 1. The highest BCUT2D eigenvalue weighted by atomic mass is 32.2. The Hall–Kier alpha value is -2.97. The SMILES string of the molecule is CCN(CC)S(=O)(=O)c1ccc(C)c(C(=O)NCc2c(C)nn(Cc3ccccc3)c2C)c1. The number of aryl methyl sites for hydroxylation is 2. The molecule has 33 heavy (non-hydrogen) atoms. The van der Waals surface area contributed by atoms with Crippen molar-refractivity contribution in [3.8, 4) is 0 Å². The summed E-state index contributed by atoms with van der Waals surface area (Å²) in [4.78, 5) is 13.1. The van der Waals surface area contributed by atoms with Crippen LogP contribution >= 0.6 is 0 Å². The molecule has 2 aromatic carbocycles. The molecule has 0 saturated heterocycles. The van der Waals surface area contributed by atoms with Crippen molar-refractivity contribution in [3.63, 3.8) is 0 Å². The van der Waals surface area contributed by atoms with Crippen molar-refractivity contribution < 1.29 is 13.2 Å². The summed E-state index contributed by atoms with van der Waals surface area (Å²) in [7, 11) is -3.64. The summed E-state index contributed by atoms with van der Waals surface area (Å²) in [5, 5.41) is 7.59. The highest BCUT2D eigenvalue weighted by Gasteiger charge is 2.23.